The number of nitrogens with zero attached hydrogens (tertiary/aromatic N) is 1. The summed E-state index contributed by atoms with van der Waals surface area (Å²) in [4.78, 5) is 4.15. The molecule has 58 valence electrons. The second-order valence-electron chi connectivity index (χ2n) is 2.33. The van der Waals surface area contributed by atoms with Crippen molar-refractivity contribution in [2.45, 2.75) is 6.92 Å². The van der Waals surface area contributed by atoms with Gasteiger partial charge in [-0.3, -0.25) is 4.98 Å². The summed E-state index contributed by atoms with van der Waals surface area (Å²) in [6, 6.07) is 5.86. The summed E-state index contributed by atoms with van der Waals surface area (Å²) in [5.41, 5.74) is 2.10. The lowest BCUT2D eigenvalue weighted by Crippen LogP contribution is -2.00. The Kier molecular flexibility index (Phi) is 2.66. The molecule has 1 N–H and O–H groups in total. The van der Waals surface area contributed by atoms with E-state index in [-0.39, 0.29) is 0 Å². The zero-order valence-corrected chi connectivity index (χ0v) is 6.83. The third-order valence-corrected chi connectivity index (χ3v) is 1.45. The molecular formula is C9H12N2. The number of nitrogens with one attached hydrogen (secondary N) is 1. The van der Waals surface area contributed by atoms with Gasteiger partial charge in [-0.05, 0) is 25.1 Å². The summed E-state index contributed by atoms with van der Waals surface area (Å²) in [5.74, 6) is 0. The van der Waals surface area contributed by atoms with Gasteiger partial charge in [0.05, 0.1) is 5.69 Å². The second kappa shape index (κ2) is 3.76. The minimum Gasteiger partial charge on any atom is -0.392 e. The van der Waals surface area contributed by atoms with Crippen LogP contribution in [-0.2, 0) is 0 Å². The van der Waals surface area contributed by atoms with Gasteiger partial charge in [0.1, 0.15) is 0 Å². The highest BCUT2D eigenvalue weighted by Gasteiger charge is 1.86. The van der Waals surface area contributed by atoms with Crippen LogP contribution < -0.4 is 5.32 Å². The van der Waals surface area contributed by atoms with Crippen LogP contribution in [0.15, 0.2) is 30.1 Å². The monoisotopic (exact) mass is 148 g/mol. The summed E-state index contributed by atoms with van der Waals surface area (Å²) in [6.07, 6.45) is 3.79. The molecule has 0 fully saturated rings. The van der Waals surface area contributed by atoms with Gasteiger partial charge in [-0.25, -0.2) is 0 Å². The maximum atomic E-state index is 4.15. The van der Waals surface area contributed by atoms with E-state index in [0.29, 0.717) is 0 Å². The van der Waals surface area contributed by atoms with Crippen molar-refractivity contribution in [3.63, 3.8) is 0 Å². The van der Waals surface area contributed by atoms with Gasteiger partial charge in [-0.1, -0.05) is 6.07 Å². The SMILES string of the molecule is CN/C(C)=C/c1ccccn1. The van der Waals surface area contributed by atoms with Crippen molar-refractivity contribution in [1.82, 2.24) is 10.3 Å². The first-order chi connectivity index (χ1) is 5.33. The van der Waals surface area contributed by atoms with Crippen LogP contribution in [0.5, 0.6) is 0 Å². The highest BCUT2D eigenvalue weighted by Crippen LogP contribution is 1.98. The van der Waals surface area contributed by atoms with E-state index in [0.717, 1.165) is 11.4 Å². The van der Waals surface area contributed by atoms with Crippen LogP contribution in [0.25, 0.3) is 6.08 Å². The number of rotatable bonds is 2. The standard InChI is InChI=1S/C9H12N2/c1-8(10-2)7-9-5-3-4-6-11-9/h3-7,10H,1-2H3/b8-7+. The van der Waals surface area contributed by atoms with Crippen LogP contribution >= 0.6 is 0 Å². The Morgan fingerprint density at radius 1 is 1.55 bits per heavy atom. The molecule has 0 aromatic carbocycles. The minimum absolute atomic E-state index is 0.986. The normalized spacial score (nSPS) is 11.3. The lowest BCUT2D eigenvalue weighted by Gasteiger charge is -1.97. The second-order valence-corrected chi connectivity index (χ2v) is 2.33. The molecule has 1 rings (SSSR count). The van der Waals surface area contributed by atoms with Crippen molar-refractivity contribution in [1.29, 1.82) is 0 Å². The van der Waals surface area contributed by atoms with Crippen molar-refractivity contribution >= 4 is 6.08 Å². The molecular weight excluding hydrogens is 136 g/mol. The molecule has 0 bridgehead atoms. The first kappa shape index (κ1) is 7.79. The number of pyridine rings is 1. The van der Waals surface area contributed by atoms with Gasteiger partial charge in [-0.15, -0.1) is 0 Å². The fraction of sp³-hybridized carbons (Fsp3) is 0.222. The fourth-order valence-corrected chi connectivity index (χ4v) is 0.755. The molecule has 0 saturated carbocycles. The van der Waals surface area contributed by atoms with Crippen molar-refractivity contribution in [2.75, 3.05) is 7.05 Å². The van der Waals surface area contributed by atoms with Gasteiger partial charge >= 0.3 is 0 Å². The van der Waals surface area contributed by atoms with Crippen molar-refractivity contribution in [3.8, 4) is 0 Å². The third-order valence-electron chi connectivity index (χ3n) is 1.45. The number of hydrogen-bond donors (Lipinski definition) is 1. The van der Waals surface area contributed by atoms with E-state index in [1.807, 2.05) is 38.2 Å². The maximum Gasteiger partial charge on any atom is 0.0646 e. The van der Waals surface area contributed by atoms with Crippen molar-refractivity contribution in [2.24, 2.45) is 0 Å². The van der Waals surface area contributed by atoms with Crippen LogP contribution in [0.4, 0.5) is 0 Å². The third kappa shape index (κ3) is 2.42. The Labute approximate surface area is 67.0 Å². The molecule has 1 aromatic rings. The first-order valence-corrected chi connectivity index (χ1v) is 3.60. The molecule has 2 nitrogen and oxygen atoms in total. The maximum absolute atomic E-state index is 4.15. The van der Waals surface area contributed by atoms with Gasteiger partial charge in [0.2, 0.25) is 0 Å². The summed E-state index contributed by atoms with van der Waals surface area (Å²) in [6.45, 7) is 2.01. The predicted molar refractivity (Wildman–Crippen MR) is 46.9 cm³/mol. The molecule has 0 unspecified atom stereocenters. The van der Waals surface area contributed by atoms with E-state index in [9.17, 15) is 0 Å². The molecule has 11 heavy (non-hydrogen) atoms. The molecule has 0 radical (unpaired) electrons. The summed E-state index contributed by atoms with van der Waals surface area (Å²) < 4.78 is 0. The first-order valence-electron chi connectivity index (χ1n) is 3.60. The average Bonchev–Trinajstić information content (AvgIpc) is 2.06. The summed E-state index contributed by atoms with van der Waals surface area (Å²) in [5, 5.41) is 3.03. The number of hydrogen-bond acceptors (Lipinski definition) is 2. The highest BCUT2D eigenvalue weighted by atomic mass is 14.8. The van der Waals surface area contributed by atoms with Crippen LogP contribution in [0.3, 0.4) is 0 Å². The van der Waals surface area contributed by atoms with Crippen molar-refractivity contribution in [3.05, 3.63) is 35.8 Å². The zero-order chi connectivity index (χ0) is 8.10. The fourth-order valence-electron chi connectivity index (χ4n) is 0.755. The topological polar surface area (TPSA) is 24.9 Å². The van der Waals surface area contributed by atoms with E-state index in [1.54, 1.807) is 6.20 Å². The van der Waals surface area contributed by atoms with Gasteiger partial charge in [-0.2, -0.15) is 0 Å². The Morgan fingerprint density at radius 2 is 2.36 bits per heavy atom. The molecule has 0 aliphatic carbocycles. The number of aromatic nitrogens is 1. The smallest absolute Gasteiger partial charge is 0.0646 e. The van der Waals surface area contributed by atoms with Gasteiger partial charge in [0, 0.05) is 18.9 Å². The Morgan fingerprint density at radius 3 is 2.91 bits per heavy atom. The zero-order valence-electron chi connectivity index (χ0n) is 6.83. The van der Waals surface area contributed by atoms with E-state index in [2.05, 4.69) is 10.3 Å². The molecule has 0 atom stereocenters. The van der Waals surface area contributed by atoms with Crippen LogP contribution in [-0.4, -0.2) is 12.0 Å². The molecule has 0 aliphatic heterocycles. The highest BCUT2D eigenvalue weighted by molar-refractivity contribution is 5.46. The summed E-state index contributed by atoms with van der Waals surface area (Å²) in [7, 11) is 1.90. The van der Waals surface area contributed by atoms with Crippen molar-refractivity contribution < 1.29 is 0 Å². The summed E-state index contributed by atoms with van der Waals surface area (Å²) >= 11 is 0. The predicted octanol–water partition coefficient (Wildman–Crippen LogP) is 1.66. The van der Waals surface area contributed by atoms with E-state index < -0.39 is 0 Å². The van der Waals surface area contributed by atoms with E-state index >= 15 is 0 Å². The Bertz CT molecular complexity index is 239. The molecule has 1 aromatic heterocycles. The Balaban J connectivity index is 2.79. The molecule has 1 heterocycles. The minimum atomic E-state index is 0.986. The molecule has 0 aliphatic rings. The molecule has 0 saturated heterocycles. The van der Waals surface area contributed by atoms with Crippen LogP contribution in [0.1, 0.15) is 12.6 Å². The molecule has 0 amide bonds. The quantitative estimate of drug-likeness (QED) is 0.690. The lowest BCUT2D eigenvalue weighted by molar-refractivity contribution is 1.000. The lowest BCUT2D eigenvalue weighted by atomic mass is 10.3. The largest absolute Gasteiger partial charge is 0.392 e. The Hall–Kier alpha value is -1.31. The van der Waals surface area contributed by atoms with Crippen LogP contribution in [0.2, 0.25) is 0 Å². The molecule has 2 heteroatoms. The van der Waals surface area contributed by atoms with Gasteiger partial charge < -0.3 is 5.32 Å². The van der Waals surface area contributed by atoms with E-state index in [1.165, 1.54) is 0 Å². The van der Waals surface area contributed by atoms with Gasteiger partial charge in [0.25, 0.3) is 0 Å². The number of allylic oxidation sites excluding steroid dienone is 1. The van der Waals surface area contributed by atoms with Crippen LogP contribution in [0, 0.1) is 0 Å². The van der Waals surface area contributed by atoms with Gasteiger partial charge in [0.15, 0.2) is 0 Å². The van der Waals surface area contributed by atoms with E-state index in [4.69, 9.17) is 0 Å². The molecule has 0 spiro atoms. The average molecular weight is 148 g/mol.